The Kier molecular flexibility index (Phi) is 6.26. The Morgan fingerprint density at radius 1 is 0.816 bits per heavy atom. The van der Waals surface area contributed by atoms with Crippen molar-refractivity contribution in [3.8, 4) is 5.75 Å². The maximum absolute atomic E-state index is 13.8. The van der Waals surface area contributed by atoms with Crippen LogP contribution in [0, 0.1) is 6.92 Å². The predicted octanol–water partition coefficient (Wildman–Crippen LogP) is 6.47. The minimum atomic E-state index is -0.567. The number of fused-ring (bicyclic) bond motifs is 2. The number of carbonyl (C=O) groups is 1. The highest BCUT2D eigenvalue weighted by Crippen LogP contribution is 2.39. The molecule has 5 heteroatoms. The molecule has 4 aromatic carbocycles. The predicted molar refractivity (Wildman–Crippen MR) is 147 cm³/mol. The number of carbonyl (C=O) groups excluding carboxylic acids is 1. The quantitative estimate of drug-likeness (QED) is 0.257. The molecule has 5 nitrogen and oxygen atoms in total. The van der Waals surface area contributed by atoms with Gasteiger partial charge in [0.15, 0.2) is 5.43 Å². The molecule has 6 rings (SSSR count). The molecule has 0 N–H and O–H groups in total. The molecule has 0 saturated heterocycles. The molecular formula is C33H27NO4. The van der Waals surface area contributed by atoms with E-state index in [1.165, 1.54) is 0 Å². The Morgan fingerprint density at radius 3 is 2.32 bits per heavy atom. The number of ether oxygens (including phenoxy) is 1. The van der Waals surface area contributed by atoms with Gasteiger partial charge in [0.2, 0.25) is 5.76 Å². The summed E-state index contributed by atoms with van der Waals surface area (Å²) in [6.45, 7) is 2.81. The minimum Gasteiger partial charge on any atom is -0.489 e. The molecule has 188 valence electrons. The van der Waals surface area contributed by atoms with E-state index in [1.807, 2.05) is 104 Å². The van der Waals surface area contributed by atoms with E-state index in [1.54, 1.807) is 11.0 Å². The molecule has 38 heavy (non-hydrogen) atoms. The van der Waals surface area contributed by atoms with E-state index in [9.17, 15) is 9.59 Å². The monoisotopic (exact) mass is 501 g/mol. The number of benzene rings is 4. The average Bonchev–Trinajstić information content (AvgIpc) is 3.24. The van der Waals surface area contributed by atoms with Crippen molar-refractivity contribution >= 4 is 16.9 Å². The SMILES string of the molecule is Cc1ccc2oc3c(c(=O)c2c1)C(c1cccc(OCc2ccccc2)c1)N(CCc1ccccc1)C3=O. The summed E-state index contributed by atoms with van der Waals surface area (Å²) >= 11 is 0. The van der Waals surface area contributed by atoms with Gasteiger partial charge in [0.1, 0.15) is 17.9 Å². The second-order valence-electron chi connectivity index (χ2n) is 9.66. The van der Waals surface area contributed by atoms with Crippen LogP contribution in [0.4, 0.5) is 0 Å². The standard InChI is InChI=1S/C33H27NO4/c1-22-15-16-28-27(19-22)31(35)29-30(25-13-8-14-26(20-25)37-21-24-11-6-3-7-12-24)34(33(36)32(29)38-28)18-17-23-9-4-2-5-10-23/h2-16,19-20,30H,17-18,21H2,1H3. The topological polar surface area (TPSA) is 59.8 Å². The van der Waals surface area contributed by atoms with E-state index in [-0.39, 0.29) is 17.1 Å². The fourth-order valence-corrected chi connectivity index (χ4v) is 5.12. The average molecular weight is 502 g/mol. The molecule has 1 aliphatic rings. The Labute approximate surface area is 220 Å². The molecular weight excluding hydrogens is 474 g/mol. The molecule has 0 saturated carbocycles. The van der Waals surface area contributed by atoms with Gasteiger partial charge in [-0.1, -0.05) is 84.4 Å². The van der Waals surface area contributed by atoms with Crippen LogP contribution in [-0.2, 0) is 13.0 Å². The van der Waals surface area contributed by atoms with Gasteiger partial charge in [-0.25, -0.2) is 0 Å². The lowest BCUT2D eigenvalue weighted by molar-refractivity contribution is 0.0730. The zero-order valence-corrected chi connectivity index (χ0v) is 21.1. The smallest absolute Gasteiger partial charge is 0.290 e. The summed E-state index contributed by atoms with van der Waals surface area (Å²) in [5, 5.41) is 0.489. The Hall–Kier alpha value is -4.64. The van der Waals surface area contributed by atoms with Crippen molar-refractivity contribution < 1.29 is 13.9 Å². The number of nitrogens with zero attached hydrogens (tertiary/aromatic N) is 1. The zero-order chi connectivity index (χ0) is 26.1. The molecule has 0 fully saturated rings. The fourth-order valence-electron chi connectivity index (χ4n) is 5.12. The van der Waals surface area contributed by atoms with E-state index >= 15 is 0 Å². The van der Waals surface area contributed by atoms with Gasteiger partial charge in [-0.2, -0.15) is 0 Å². The van der Waals surface area contributed by atoms with Crippen LogP contribution in [0.5, 0.6) is 5.75 Å². The van der Waals surface area contributed by atoms with Crippen LogP contribution in [0.15, 0.2) is 112 Å². The molecule has 1 unspecified atom stereocenters. The summed E-state index contributed by atoms with van der Waals surface area (Å²) in [6, 6.07) is 32.6. The van der Waals surface area contributed by atoms with Gasteiger partial charge in [-0.15, -0.1) is 0 Å². The van der Waals surface area contributed by atoms with Crippen LogP contribution in [0.2, 0.25) is 0 Å². The highest BCUT2D eigenvalue weighted by Gasteiger charge is 2.42. The van der Waals surface area contributed by atoms with Crippen molar-refractivity contribution in [1.29, 1.82) is 0 Å². The normalized spacial score (nSPS) is 14.6. The van der Waals surface area contributed by atoms with Crippen LogP contribution < -0.4 is 10.2 Å². The molecule has 0 bridgehead atoms. The summed E-state index contributed by atoms with van der Waals surface area (Å²) < 4.78 is 12.2. The zero-order valence-electron chi connectivity index (χ0n) is 21.1. The lowest BCUT2D eigenvalue weighted by atomic mass is 9.97. The molecule has 1 atom stereocenters. The van der Waals surface area contributed by atoms with Gasteiger partial charge in [0.25, 0.3) is 5.91 Å². The Balaban J connectivity index is 1.41. The van der Waals surface area contributed by atoms with Crippen LogP contribution in [0.3, 0.4) is 0 Å². The number of hydrogen-bond acceptors (Lipinski definition) is 4. The third kappa shape index (κ3) is 4.48. The Morgan fingerprint density at radius 2 is 1.55 bits per heavy atom. The van der Waals surface area contributed by atoms with E-state index in [2.05, 4.69) is 0 Å². The molecule has 0 radical (unpaired) electrons. The molecule has 0 aliphatic carbocycles. The number of amides is 1. The summed E-state index contributed by atoms with van der Waals surface area (Å²) in [6.07, 6.45) is 0.661. The van der Waals surface area contributed by atoms with Crippen molar-refractivity contribution in [2.75, 3.05) is 6.54 Å². The van der Waals surface area contributed by atoms with Crippen molar-refractivity contribution in [1.82, 2.24) is 4.90 Å². The maximum atomic E-state index is 13.8. The first-order chi connectivity index (χ1) is 18.6. The Bertz CT molecular complexity index is 1670. The summed E-state index contributed by atoms with van der Waals surface area (Å²) in [4.78, 5) is 29.3. The first kappa shape index (κ1) is 23.7. The van der Waals surface area contributed by atoms with Crippen LogP contribution >= 0.6 is 0 Å². The van der Waals surface area contributed by atoms with Crippen molar-refractivity contribution in [2.24, 2.45) is 0 Å². The van der Waals surface area contributed by atoms with Gasteiger partial charge >= 0.3 is 0 Å². The molecule has 0 spiro atoms. The van der Waals surface area contributed by atoms with E-state index in [0.717, 1.165) is 22.3 Å². The van der Waals surface area contributed by atoms with E-state index in [4.69, 9.17) is 9.15 Å². The summed E-state index contributed by atoms with van der Waals surface area (Å²) in [7, 11) is 0. The van der Waals surface area contributed by atoms with Gasteiger partial charge in [-0.05, 0) is 54.3 Å². The fraction of sp³-hybridized carbons (Fsp3) is 0.152. The summed E-state index contributed by atoms with van der Waals surface area (Å²) in [5.41, 5.74) is 4.61. The van der Waals surface area contributed by atoms with Crippen molar-refractivity contribution in [3.05, 3.63) is 147 Å². The van der Waals surface area contributed by atoms with Crippen LogP contribution in [0.1, 0.15) is 44.4 Å². The lowest BCUT2D eigenvalue weighted by Crippen LogP contribution is -2.31. The first-order valence-electron chi connectivity index (χ1n) is 12.8. The third-order valence-corrected chi connectivity index (χ3v) is 7.03. The van der Waals surface area contributed by atoms with Gasteiger partial charge < -0.3 is 14.1 Å². The number of aryl methyl sites for hydroxylation is 1. The highest BCUT2D eigenvalue weighted by atomic mass is 16.5. The third-order valence-electron chi connectivity index (χ3n) is 7.03. The van der Waals surface area contributed by atoms with Crippen LogP contribution in [-0.4, -0.2) is 17.4 Å². The largest absolute Gasteiger partial charge is 0.489 e. The molecule has 1 aromatic heterocycles. The second-order valence-corrected chi connectivity index (χ2v) is 9.66. The lowest BCUT2D eigenvalue weighted by Gasteiger charge is -2.25. The van der Waals surface area contributed by atoms with E-state index in [0.29, 0.717) is 41.9 Å². The number of rotatable bonds is 7. The molecule has 5 aromatic rings. The minimum absolute atomic E-state index is 0.125. The van der Waals surface area contributed by atoms with Gasteiger partial charge in [0, 0.05) is 6.54 Å². The molecule has 1 aliphatic heterocycles. The molecule has 1 amide bonds. The van der Waals surface area contributed by atoms with Gasteiger partial charge in [0.05, 0.1) is 17.0 Å². The number of hydrogen-bond donors (Lipinski definition) is 0. The second kappa shape index (κ2) is 10.0. The first-order valence-corrected chi connectivity index (χ1v) is 12.8. The van der Waals surface area contributed by atoms with Crippen LogP contribution in [0.25, 0.3) is 11.0 Å². The van der Waals surface area contributed by atoms with Gasteiger partial charge in [-0.3, -0.25) is 9.59 Å². The van der Waals surface area contributed by atoms with E-state index < -0.39 is 6.04 Å². The summed E-state index contributed by atoms with van der Waals surface area (Å²) in [5.74, 6) is 0.535. The highest BCUT2D eigenvalue weighted by molar-refractivity contribution is 5.99. The molecule has 2 heterocycles. The van der Waals surface area contributed by atoms with Crippen molar-refractivity contribution in [2.45, 2.75) is 26.0 Å². The van der Waals surface area contributed by atoms with Crippen molar-refractivity contribution in [3.63, 3.8) is 0 Å². The maximum Gasteiger partial charge on any atom is 0.290 e.